The van der Waals surface area contributed by atoms with Crippen LogP contribution in [0.4, 0.5) is 13.2 Å². The Morgan fingerprint density at radius 2 is 2.12 bits per heavy atom. The molecule has 0 aliphatic rings. The quantitative estimate of drug-likeness (QED) is 0.821. The van der Waals surface area contributed by atoms with Crippen LogP contribution in [0.5, 0.6) is 0 Å². The van der Waals surface area contributed by atoms with Gasteiger partial charge in [-0.2, -0.15) is 17.9 Å². The predicted octanol–water partition coefficient (Wildman–Crippen LogP) is 1.28. The highest BCUT2D eigenvalue weighted by molar-refractivity contribution is 5.16. The van der Waals surface area contributed by atoms with Crippen LogP contribution in [0.25, 0.3) is 5.95 Å². The fraction of sp³-hybridized carbons (Fsp3) is 0.222. The number of hydrogen-bond acceptors (Lipinski definition) is 3. The van der Waals surface area contributed by atoms with E-state index in [9.17, 15) is 18.0 Å². The van der Waals surface area contributed by atoms with Crippen LogP contribution in [-0.4, -0.2) is 19.7 Å². The summed E-state index contributed by atoms with van der Waals surface area (Å²) in [7, 11) is 0. The zero-order valence-electron chi connectivity index (χ0n) is 8.62. The van der Waals surface area contributed by atoms with Gasteiger partial charge in [0.15, 0.2) is 0 Å². The number of aryl methyl sites for hydroxylation is 1. The molecule has 2 aromatic heterocycles. The van der Waals surface area contributed by atoms with E-state index in [1.165, 1.54) is 6.07 Å². The highest BCUT2D eigenvalue weighted by Crippen LogP contribution is 2.27. The molecule has 2 aromatic rings. The summed E-state index contributed by atoms with van der Waals surface area (Å²) in [5, 5.41) is 2.55. The van der Waals surface area contributed by atoms with Crippen LogP contribution in [0.2, 0.25) is 0 Å². The van der Waals surface area contributed by atoms with Crippen molar-refractivity contribution in [2.24, 2.45) is 0 Å². The standard InChI is InChI=1S/C9H7F3N4O/c1-5-4-7(17)16(15-5)8-13-3-2-6(14-8)9(10,11)12/h2-4,15H,1H3. The Kier molecular flexibility index (Phi) is 2.49. The molecular weight excluding hydrogens is 237 g/mol. The molecule has 0 saturated heterocycles. The Labute approximate surface area is 92.9 Å². The summed E-state index contributed by atoms with van der Waals surface area (Å²) < 4.78 is 38.1. The van der Waals surface area contributed by atoms with E-state index in [1.54, 1.807) is 6.92 Å². The van der Waals surface area contributed by atoms with Gasteiger partial charge in [-0.1, -0.05) is 0 Å². The van der Waals surface area contributed by atoms with Crippen LogP contribution in [0.15, 0.2) is 23.1 Å². The van der Waals surface area contributed by atoms with Crippen molar-refractivity contribution in [2.45, 2.75) is 13.1 Å². The second kappa shape index (κ2) is 3.72. The summed E-state index contributed by atoms with van der Waals surface area (Å²) in [5.41, 5.74) is -1.10. The van der Waals surface area contributed by atoms with Crippen molar-refractivity contribution in [2.75, 3.05) is 0 Å². The van der Waals surface area contributed by atoms with Crippen LogP contribution in [-0.2, 0) is 6.18 Å². The molecule has 0 atom stereocenters. The average molecular weight is 244 g/mol. The predicted molar refractivity (Wildman–Crippen MR) is 51.7 cm³/mol. The molecule has 0 aromatic carbocycles. The van der Waals surface area contributed by atoms with Gasteiger partial charge in [-0.3, -0.25) is 9.89 Å². The fourth-order valence-corrected chi connectivity index (χ4v) is 1.28. The van der Waals surface area contributed by atoms with Gasteiger partial charge < -0.3 is 0 Å². The van der Waals surface area contributed by atoms with E-state index in [1.807, 2.05) is 0 Å². The maximum atomic E-state index is 12.4. The number of alkyl halides is 3. The zero-order chi connectivity index (χ0) is 12.6. The number of nitrogens with zero attached hydrogens (tertiary/aromatic N) is 3. The first kappa shape index (κ1) is 11.4. The first-order valence-corrected chi connectivity index (χ1v) is 4.57. The average Bonchev–Trinajstić information content (AvgIpc) is 2.57. The summed E-state index contributed by atoms with van der Waals surface area (Å²) in [4.78, 5) is 18.3. The van der Waals surface area contributed by atoms with Gasteiger partial charge in [0.05, 0.1) is 0 Å². The Bertz CT molecular complexity index is 599. The Balaban J connectivity index is 2.54. The number of halogens is 3. The minimum Gasteiger partial charge on any atom is -0.293 e. The minimum atomic E-state index is -4.57. The molecule has 90 valence electrons. The van der Waals surface area contributed by atoms with E-state index in [2.05, 4.69) is 15.1 Å². The Morgan fingerprint density at radius 3 is 2.65 bits per heavy atom. The molecule has 0 bridgehead atoms. The molecule has 2 heterocycles. The SMILES string of the molecule is Cc1cc(=O)n(-c2nccc(C(F)(F)F)n2)[nH]1. The number of hydrogen-bond donors (Lipinski definition) is 1. The van der Waals surface area contributed by atoms with Gasteiger partial charge in [0.1, 0.15) is 5.69 Å². The van der Waals surface area contributed by atoms with E-state index in [0.29, 0.717) is 5.69 Å². The van der Waals surface area contributed by atoms with Gasteiger partial charge in [0, 0.05) is 18.0 Å². The normalized spacial score (nSPS) is 11.8. The van der Waals surface area contributed by atoms with Crippen LogP contribution in [0.1, 0.15) is 11.4 Å². The minimum absolute atomic E-state index is 0.335. The van der Waals surface area contributed by atoms with Gasteiger partial charge >= 0.3 is 6.18 Å². The van der Waals surface area contributed by atoms with Crippen LogP contribution >= 0.6 is 0 Å². The highest BCUT2D eigenvalue weighted by atomic mass is 19.4. The first-order chi connectivity index (χ1) is 7.88. The van der Waals surface area contributed by atoms with Crippen LogP contribution < -0.4 is 5.56 Å². The maximum absolute atomic E-state index is 12.4. The smallest absolute Gasteiger partial charge is 0.293 e. The van der Waals surface area contributed by atoms with Gasteiger partial charge in [-0.05, 0) is 13.0 Å². The third-order valence-corrected chi connectivity index (χ3v) is 1.98. The number of rotatable bonds is 1. The fourth-order valence-electron chi connectivity index (χ4n) is 1.28. The number of nitrogens with one attached hydrogen (secondary N) is 1. The van der Waals surface area contributed by atoms with E-state index in [0.717, 1.165) is 16.9 Å². The summed E-state index contributed by atoms with van der Waals surface area (Å²) in [6.07, 6.45) is -3.61. The van der Waals surface area contributed by atoms with Crippen LogP contribution in [0, 0.1) is 6.92 Å². The summed E-state index contributed by atoms with van der Waals surface area (Å²) >= 11 is 0. The third-order valence-electron chi connectivity index (χ3n) is 1.98. The number of H-pyrrole nitrogens is 1. The molecule has 0 amide bonds. The lowest BCUT2D eigenvalue weighted by molar-refractivity contribution is -0.141. The van der Waals surface area contributed by atoms with Gasteiger partial charge in [-0.15, -0.1) is 0 Å². The molecule has 2 rings (SSSR count). The molecule has 0 radical (unpaired) electrons. The Morgan fingerprint density at radius 1 is 1.41 bits per heavy atom. The van der Waals surface area contributed by atoms with Crippen molar-refractivity contribution < 1.29 is 13.2 Å². The van der Waals surface area contributed by atoms with Gasteiger partial charge in [0.2, 0.25) is 0 Å². The topological polar surface area (TPSA) is 63.6 Å². The van der Waals surface area contributed by atoms with Gasteiger partial charge in [0.25, 0.3) is 11.5 Å². The second-order valence-corrected chi connectivity index (χ2v) is 3.35. The lowest BCUT2D eigenvalue weighted by Crippen LogP contribution is -2.19. The molecule has 0 aliphatic heterocycles. The number of aromatic amines is 1. The van der Waals surface area contributed by atoms with E-state index in [-0.39, 0.29) is 5.95 Å². The molecule has 5 nitrogen and oxygen atoms in total. The maximum Gasteiger partial charge on any atom is 0.433 e. The van der Waals surface area contributed by atoms with Crippen molar-refractivity contribution >= 4 is 0 Å². The molecule has 0 spiro atoms. The molecule has 0 fully saturated rings. The van der Waals surface area contributed by atoms with Crippen molar-refractivity contribution in [3.63, 3.8) is 0 Å². The molecule has 17 heavy (non-hydrogen) atoms. The van der Waals surface area contributed by atoms with Crippen molar-refractivity contribution in [1.29, 1.82) is 0 Å². The lowest BCUT2D eigenvalue weighted by Gasteiger charge is -2.06. The summed E-state index contributed by atoms with van der Waals surface area (Å²) in [6.45, 7) is 1.60. The molecule has 1 N–H and O–H groups in total. The molecule has 0 unspecified atom stereocenters. The van der Waals surface area contributed by atoms with Crippen LogP contribution in [0.3, 0.4) is 0 Å². The summed E-state index contributed by atoms with van der Waals surface area (Å²) in [5.74, 6) is -0.335. The van der Waals surface area contributed by atoms with E-state index < -0.39 is 17.4 Å². The third kappa shape index (κ3) is 2.19. The number of aromatic nitrogens is 4. The van der Waals surface area contributed by atoms with E-state index in [4.69, 9.17) is 0 Å². The molecule has 8 heteroatoms. The van der Waals surface area contributed by atoms with Gasteiger partial charge in [-0.25, -0.2) is 9.97 Å². The molecule has 0 saturated carbocycles. The largest absolute Gasteiger partial charge is 0.433 e. The second-order valence-electron chi connectivity index (χ2n) is 3.35. The highest BCUT2D eigenvalue weighted by Gasteiger charge is 2.33. The molecular formula is C9H7F3N4O. The Hall–Kier alpha value is -2.12. The van der Waals surface area contributed by atoms with Crippen molar-refractivity contribution in [3.05, 3.63) is 40.1 Å². The lowest BCUT2D eigenvalue weighted by atomic mass is 10.4. The van der Waals surface area contributed by atoms with Crippen molar-refractivity contribution in [1.82, 2.24) is 19.7 Å². The zero-order valence-corrected chi connectivity index (χ0v) is 8.62. The summed E-state index contributed by atoms with van der Waals surface area (Å²) in [6, 6.07) is 1.98. The molecule has 0 aliphatic carbocycles. The monoisotopic (exact) mass is 244 g/mol. The van der Waals surface area contributed by atoms with E-state index >= 15 is 0 Å². The first-order valence-electron chi connectivity index (χ1n) is 4.57. The van der Waals surface area contributed by atoms with Crippen molar-refractivity contribution in [3.8, 4) is 5.95 Å².